The monoisotopic (exact) mass is 410 g/mol. The van der Waals surface area contributed by atoms with Crippen LogP contribution >= 0.6 is 0 Å². The van der Waals surface area contributed by atoms with Crippen LogP contribution in [-0.4, -0.2) is 68.7 Å². The lowest BCUT2D eigenvalue weighted by Crippen LogP contribution is -2.46. The molecule has 2 aliphatic heterocycles. The van der Waals surface area contributed by atoms with E-state index in [9.17, 15) is 0 Å². The van der Waals surface area contributed by atoms with E-state index >= 15 is 0 Å². The lowest BCUT2D eigenvalue weighted by Gasteiger charge is -2.32. The summed E-state index contributed by atoms with van der Waals surface area (Å²) < 4.78 is 35.7. The molecule has 0 N–H and O–H groups in total. The van der Waals surface area contributed by atoms with Crippen LogP contribution in [-0.2, 0) is 26.2 Å². The molecule has 2 aliphatic rings. The fourth-order valence-electron chi connectivity index (χ4n) is 2.94. The predicted molar refractivity (Wildman–Crippen MR) is 104 cm³/mol. The minimum absolute atomic E-state index is 0.338. The van der Waals surface area contributed by atoms with E-state index in [-0.39, 0.29) is 0 Å². The van der Waals surface area contributed by atoms with E-state index < -0.39 is 36.2 Å². The van der Waals surface area contributed by atoms with E-state index in [1.54, 1.807) is 0 Å². The van der Waals surface area contributed by atoms with Crippen molar-refractivity contribution >= 4 is 36.2 Å². The van der Waals surface area contributed by atoms with Crippen molar-refractivity contribution in [3.05, 3.63) is 0 Å². The van der Waals surface area contributed by atoms with Gasteiger partial charge in [0.15, 0.2) is 9.04 Å². The van der Waals surface area contributed by atoms with E-state index in [2.05, 4.69) is 26.2 Å². The first-order valence-electron chi connectivity index (χ1n) is 9.29. The van der Waals surface area contributed by atoms with Gasteiger partial charge < -0.3 is 26.2 Å². The Balaban J connectivity index is 1.77. The Morgan fingerprint density at radius 1 is 1.12 bits per heavy atom. The van der Waals surface area contributed by atoms with Crippen molar-refractivity contribution in [3.8, 4) is 0 Å². The molecule has 2 rings (SSSR count). The van der Waals surface area contributed by atoms with Gasteiger partial charge in [-0.1, -0.05) is 6.42 Å². The Bertz CT molecular complexity index is 362. The quantitative estimate of drug-likeness (QED) is 0.378. The summed E-state index contributed by atoms with van der Waals surface area (Å²) in [7, 11) is -6.48. The summed E-state index contributed by atoms with van der Waals surface area (Å²) in [5.41, 5.74) is 0. The molecule has 0 aromatic carbocycles. The Morgan fingerprint density at radius 3 is 2.67 bits per heavy atom. The molecule has 6 nitrogen and oxygen atoms in total. The first-order chi connectivity index (χ1) is 11.5. The summed E-state index contributed by atoms with van der Waals surface area (Å²) in [6.45, 7) is 11.8. The minimum atomic E-state index is -2.18. The van der Waals surface area contributed by atoms with Crippen LogP contribution in [0.25, 0.3) is 0 Å². The average molecular weight is 411 g/mol. The molecule has 0 aromatic heterocycles. The van der Waals surface area contributed by atoms with E-state index in [1.807, 2.05) is 0 Å². The van der Waals surface area contributed by atoms with Gasteiger partial charge in [-0.2, -0.15) is 0 Å². The van der Waals surface area contributed by atoms with Gasteiger partial charge in [-0.3, -0.25) is 0 Å². The van der Waals surface area contributed by atoms with Crippen LogP contribution in [0.3, 0.4) is 0 Å². The van der Waals surface area contributed by atoms with Gasteiger partial charge in [-0.15, -0.1) is 0 Å². The largest absolute Gasteiger partial charge is 0.441 e. The number of hydrogen-bond acceptors (Lipinski definition) is 6. The highest BCUT2D eigenvalue weighted by Gasteiger charge is 2.35. The third kappa shape index (κ3) is 8.83. The Hall–Kier alpha value is 0.628. The number of epoxide rings is 1. The molecule has 0 aromatic rings. The molecule has 5 atom stereocenters. The summed E-state index contributed by atoms with van der Waals surface area (Å²) in [5.74, 6) is 0. The van der Waals surface area contributed by atoms with Crippen LogP contribution in [0, 0.1) is 0 Å². The van der Waals surface area contributed by atoms with Gasteiger partial charge in [0.2, 0.25) is 0 Å². The normalized spacial score (nSPS) is 39.0. The topological polar surface area (TPSA) is 58.7 Å². The smallest absolute Gasteiger partial charge is 0.326 e. The van der Waals surface area contributed by atoms with Crippen molar-refractivity contribution in [2.45, 2.75) is 63.6 Å². The number of ether oxygens (including phenoxy) is 2. The fourth-order valence-corrected chi connectivity index (χ4v) is 15.7. The van der Waals surface area contributed by atoms with Crippen molar-refractivity contribution in [2.24, 2.45) is 0 Å². The van der Waals surface area contributed by atoms with Crippen LogP contribution in [0.1, 0.15) is 19.3 Å². The zero-order chi connectivity index (χ0) is 17.4. The van der Waals surface area contributed by atoms with Gasteiger partial charge in [-0.05, 0) is 51.1 Å². The zero-order valence-electron chi connectivity index (χ0n) is 15.6. The Morgan fingerprint density at radius 2 is 1.92 bits per heavy atom. The van der Waals surface area contributed by atoms with E-state index in [0.717, 1.165) is 45.3 Å². The second-order valence-corrected chi connectivity index (χ2v) is 17.6. The SMILES string of the molecule is C[SiH]1CCCCO[Si](C)(CCCOCC2CO2)O[SiH](C)O[SiH](C)O1. The van der Waals surface area contributed by atoms with Gasteiger partial charge in [0, 0.05) is 13.2 Å². The van der Waals surface area contributed by atoms with E-state index in [4.69, 9.17) is 26.2 Å². The molecule has 0 bridgehead atoms. The molecule has 0 saturated carbocycles. The molecule has 5 unspecified atom stereocenters. The predicted octanol–water partition coefficient (Wildman–Crippen LogP) is 1.78. The molecule has 2 saturated heterocycles. The highest BCUT2D eigenvalue weighted by molar-refractivity contribution is 6.75. The standard InChI is InChI=1S/C14H34O6Si4/c1-21-10-6-5-9-17-24(4,20-23(3)19-22(2)18-21)11-7-8-15-12-14-13-16-14/h14,21-23H,5-13H2,1-4H3. The second-order valence-electron chi connectivity index (χ2n) is 6.95. The van der Waals surface area contributed by atoms with Crippen molar-refractivity contribution in [2.75, 3.05) is 26.4 Å². The van der Waals surface area contributed by atoms with Gasteiger partial charge in [0.05, 0.1) is 13.2 Å². The molecule has 2 fully saturated rings. The number of rotatable bonds is 6. The summed E-state index contributed by atoms with van der Waals surface area (Å²) >= 11 is 0. The number of hydrogen-bond donors (Lipinski definition) is 0. The molecule has 0 aliphatic carbocycles. The van der Waals surface area contributed by atoms with E-state index in [1.165, 1.54) is 12.5 Å². The Labute approximate surface area is 152 Å². The zero-order valence-corrected chi connectivity index (χ0v) is 20.1. The van der Waals surface area contributed by atoms with Crippen LogP contribution in [0.5, 0.6) is 0 Å². The highest BCUT2D eigenvalue weighted by Crippen LogP contribution is 2.20. The summed E-state index contributed by atoms with van der Waals surface area (Å²) in [4.78, 5) is 0. The summed E-state index contributed by atoms with van der Waals surface area (Å²) in [6, 6.07) is 2.18. The maximum Gasteiger partial charge on any atom is 0.326 e. The van der Waals surface area contributed by atoms with Crippen LogP contribution < -0.4 is 0 Å². The molecule has 24 heavy (non-hydrogen) atoms. The molecule has 0 amide bonds. The van der Waals surface area contributed by atoms with Crippen molar-refractivity contribution < 1.29 is 26.2 Å². The van der Waals surface area contributed by atoms with Gasteiger partial charge in [0.1, 0.15) is 6.10 Å². The molecule has 142 valence electrons. The molecule has 10 heteroatoms. The van der Waals surface area contributed by atoms with Crippen molar-refractivity contribution in [1.82, 2.24) is 0 Å². The lowest BCUT2D eigenvalue weighted by atomic mass is 10.4. The maximum absolute atomic E-state index is 6.38. The fraction of sp³-hybridized carbons (Fsp3) is 1.00. The molecule has 0 radical (unpaired) electrons. The molecule has 2 heterocycles. The van der Waals surface area contributed by atoms with Gasteiger partial charge >= 0.3 is 8.56 Å². The van der Waals surface area contributed by atoms with Crippen molar-refractivity contribution in [3.63, 3.8) is 0 Å². The van der Waals surface area contributed by atoms with Crippen LogP contribution in [0.2, 0.25) is 38.3 Å². The maximum atomic E-state index is 6.38. The van der Waals surface area contributed by atoms with Gasteiger partial charge in [0.25, 0.3) is 18.6 Å². The van der Waals surface area contributed by atoms with Crippen LogP contribution in [0.4, 0.5) is 0 Å². The van der Waals surface area contributed by atoms with E-state index in [0.29, 0.717) is 6.10 Å². The second kappa shape index (κ2) is 10.7. The minimum Gasteiger partial charge on any atom is -0.441 e. The Kier molecular flexibility index (Phi) is 9.33. The summed E-state index contributed by atoms with van der Waals surface area (Å²) in [5, 5.41) is 0. The lowest BCUT2D eigenvalue weighted by molar-refractivity contribution is 0.114. The van der Waals surface area contributed by atoms with Gasteiger partial charge in [-0.25, -0.2) is 0 Å². The average Bonchev–Trinajstić information content (AvgIpc) is 3.29. The first kappa shape index (κ1) is 20.9. The summed E-state index contributed by atoms with van der Waals surface area (Å²) in [6.07, 6.45) is 3.61. The molecular weight excluding hydrogens is 376 g/mol. The molecule has 0 spiro atoms. The highest BCUT2D eigenvalue weighted by atomic mass is 28.5. The van der Waals surface area contributed by atoms with Crippen molar-refractivity contribution in [1.29, 1.82) is 0 Å². The van der Waals surface area contributed by atoms with Crippen LogP contribution in [0.15, 0.2) is 0 Å². The third-order valence-corrected chi connectivity index (χ3v) is 17.3. The first-order valence-corrected chi connectivity index (χ1v) is 18.4. The molecular formula is C14H34O6Si4. The third-order valence-electron chi connectivity index (χ3n) is 4.26.